The maximum atomic E-state index is 11.8. The Kier molecular flexibility index (Phi) is 10.8. The summed E-state index contributed by atoms with van der Waals surface area (Å²) in [6, 6.07) is 0.311. The molecule has 2 N–H and O–H groups in total. The molecule has 2 unspecified atom stereocenters. The van der Waals surface area contributed by atoms with Crippen molar-refractivity contribution >= 4 is 35.8 Å². The van der Waals surface area contributed by atoms with E-state index in [0.29, 0.717) is 18.4 Å². The Bertz CT molecular complexity index is 457. The first kappa shape index (κ1) is 23.5. The number of carbonyl (C=O) groups excluding carboxylic acids is 1. The van der Waals surface area contributed by atoms with Crippen molar-refractivity contribution in [2.24, 2.45) is 16.8 Å². The van der Waals surface area contributed by atoms with Crippen LogP contribution >= 0.6 is 24.0 Å². The predicted molar refractivity (Wildman–Crippen MR) is 119 cm³/mol. The van der Waals surface area contributed by atoms with Crippen LogP contribution in [0.4, 0.5) is 0 Å². The van der Waals surface area contributed by atoms with Crippen molar-refractivity contribution in [2.45, 2.75) is 52.5 Å². The highest BCUT2D eigenvalue weighted by Gasteiger charge is 2.26. The van der Waals surface area contributed by atoms with Crippen LogP contribution < -0.4 is 10.6 Å². The third-order valence-electron chi connectivity index (χ3n) is 5.19. The Morgan fingerprint density at radius 3 is 2.65 bits per heavy atom. The van der Waals surface area contributed by atoms with Gasteiger partial charge in [0.15, 0.2) is 5.96 Å². The first-order chi connectivity index (χ1) is 12.0. The Hall–Kier alpha value is -0.570. The molecule has 1 amide bonds. The number of rotatable bonds is 6. The Balaban J connectivity index is 0.00000338. The molecular formula is C19H38IN5O. The molecule has 26 heavy (non-hydrogen) atoms. The monoisotopic (exact) mass is 479 g/mol. The standard InChI is InChI=1S/C19H37N5O.HI/c1-5-18(25)24-10-8-17(14-24)22-19(20-4)21-11-16-7-6-9-23(13-16)12-15(2)3;/h15-17H,5-14H2,1-4H3,(H2,20,21,22);1H. The number of piperidine rings is 1. The van der Waals surface area contributed by atoms with Crippen LogP contribution in [0.5, 0.6) is 0 Å². The van der Waals surface area contributed by atoms with Gasteiger partial charge >= 0.3 is 0 Å². The summed E-state index contributed by atoms with van der Waals surface area (Å²) in [5.41, 5.74) is 0. The number of amides is 1. The molecule has 152 valence electrons. The molecule has 0 saturated carbocycles. The van der Waals surface area contributed by atoms with Crippen molar-refractivity contribution in [1.29, 1.82) is 0 Å². The van der Waals surface area contributed by atoms with Crippen LogP contribution in [0.1, 0.15) is 46.5 Å². The molecule has 0 bridgehead atoms. The Labute approximate surface area is 176 Å². The smallest absolute Gasteiger partial charge is 0.222 e. The molecule has 7 heteroatoms. The van der Waals surface area contributed by atoms with Gasteiger partial charge in [-0.3, -0.25) is 9.79 Å². The van der Waals surface area contributed by atoms with E-state index in [0.717, 1.165) is 37.9 Å². The number of hydrogen-bond donors (Lipinski definition) is 2. The minimum Gasteiger partial charge on any atom is -0.356 e. The van der Waals surface area contributed by atoms with E-state index in [1.165, 1.54) is 32.5 Å². The summed E-state index contributed by atoms with van der Waals surface area (Å²) in [6.07, 6.45) is 4.18. The normalized spacial score (nSPS) is 24.5. The molecule has 0 radical (unpaired) electrons. The number of halogens is 1. The second kappa shape index (κ2) is 12.0. The highest BCUT2D eigenvalue weighted by Crippen LogP contribution is 2.17. The lowest BCUT2D eigenvalue weighted by atomic mass is 9.97. The lowest BCUT2D eigenvalue weighted by Gasteiger charge is -2.34. The number of nitrogens with zero attached hydrogens (tertiary/aromatic N) is 3. The van der Waals surface area contributed by atoms with E-state index in [1.54, 1.807) is 0 Å². The van der Waals surface area contributed by atoms with Gasteiger partial charge in [0.1, 0.15) is 0 Å². The van der Waals surface area contributed by atoms with E-state index in [-0.39, 0.29) is 29.9 Å². The fourth-order valence-corrected chi connectivity index (χ4v) is 3.96. The summed E-state index contributed by atoms with van der Waals surface area (Å²) in [5.74, 6) is 2.54. The van der Waals surface area contributed by atoms with Gasteiger partial charge < -0.3 is 20.4 Å². The molecule has 2 aliphatic heterocycles. The van der Waals surface area contributed by atoms with Crippen molar-refractivity contribution in [1.82, 2.24) is 20.4 Å². The van der Waals surface area contributed by atoms with Gasteiger partial charge in [-0.25, -0.2) is 0 Å². The van der Waals surface area contributed by atoms with Crippen LogP contribution in [0.15, 0.2) is 4.99 Å². The molecule has 6 nitrogen and oxygen atoms in total. The number of aliphatic imine (C=N–C) groups is 1. The van der Waals surface area contributed by atoms with E-state index in [9.17, 15) is 4.79 Å². The quantitative estimate of drug-likeness (QED) is 0.348. The number of guanidine groups is 1. The zero-order valence-electron chi connectivity index (χ0n) is 17.0. The summed E-state index contributed by atoms with van der Waals surface area (Å²) < 4.78 is 0. The Morgan fingerprint density at radius 2 is 2.00 bits per heavy atom. The predicted octanol–water partition coefficient (Wildman–Crippen LogP) is 2.15. The molecule has 0 aliphatic carbocycles. The SMILES string of the molecule is CCC(=O)N1CCC(NC(=NC)NCC2CCCN(CC(C)C)C2)C1.I. The summed E-state index contributed by atoms with van der Waals surface area (Å²) in [7, 11) is 1.82. The maximum Gasteiger partial charge on any atom is 0.222 e. The zero-order valence-corrected chi connectivity index (χ0v) is 19.3. The van der Waals surface area contributed by atoms with E-state index in [2.05, 4.69) is 34.4 Å². The fraction of sp³-hybridized carbons (Fsp3) is 0.895. The van der Waals surface area contributed by atoms with Gasteiger partial charge in [-0.15, -0.1) is 24.0 Å². The summed E-state index contributed by atoms with van der Waals surface area (Å²) in [5, 5.41) is 7.00. The average molecular weight is 479 g/mol. The van der Waals surface area contributed by atoms with Gasteiger partial charge in [0.2, 0.25) is 5.91 Å². The van der Waals surface area contributed by atoms with Gasteiger partial charge in [0.05, 0.1) is 0 Å². The molecule has 2 aliphatic rings. The molecular weight excluding hydrogens is 441 g/mol. The molecule has 0 aromatic heterocycles. The highest BCUT2D eigenvalue weighted by molar-refractivity contribution is 14.0. The molecule has 0 aromatic carbocycles. The largest absolute Gasteiger partial charge is 0.356 e. The van der Waals surface area contributed by atoms with E-state index >= 15 is 0 Å². The number of nitrogens with one attached hydrogen (secondary N) is 2. The van der Waals surface area contributed by atoms with Crippen molar-refractivity contribution < 1.29 is 4.79 Å². The maximum absolute atomic E-state index is 11.8. The highest BCUT2D eigenvalue weighted by atomic mass is 127. The van der Waals surface area contributed by atoms with Crippen LogP contribution in [-0.2, 0) is 4.79 Å². The molecule has 0 spiro atoms. The van der Waals surface area contributed by atoms with Crippen molar-refractivity contribution in [3.8, 4) is 0 Å². The van der Waals surface area contributed by atoms with Gasteiger partial charge in [-0.05, 0) is 37.6 Å². The lowest BCUT2D eigenvalue weighted by molar-refractivity contribution is -0.129. The van der Waals surface area contributed by atoms with Gasteiger partial charge in [-0.2, -0.15) is 0 Å². The Morgan fingerprint density at radius 1 is 1.23 bits per heavy atom. The molecule has 2 atom stereocenters. The minimum atomic E-state index is 0. The number of likely N-dealkylation sites (tertiary alicyclic amines) is 2. The fourth-order valence-electron chi connectivity index (χ4n) is 3.96. The van der Waals surface area contributed by atoms with Crippen molar-refractivity contribution in [3.63, 3.8) is 0 Å². The second-order valence-electron chi connectivity index (χ2n) is 7.94. The van der Waals surface area contributed by atoms with Crippen LogP contribution in [-0.4, -0.2) is 74.0 Å². The average Bonchev–Trinajstić information content (AvgIpc) is 3.06. The molecule has 2 fully saturated rings. The molecule has 0 aromatic rings. The van der Waals surface area contributed by atoms with Crippen molar-refractivity contribution in [3.05, 3.63) is 0 Å². The summed E-state index contributed by atoms with van der Waals surface area (Å²) >= 11 is 0. The third kappa shape index (κ3) is 7.58. The van der Waals surface area contributed by atoms with E-state index in [1.807, 2.05) is 18.9 Å². The minimum absolute atomic E-state index is 0. The van der Waals surface area contributed by atoms with E-state index in [4.69, 9.17) is 0 Å². The van der Waals surface area contributed by atoms with E-state index < -0.39 is 0 Å². The van der Waals surface area contributed by atoms with Crippen LogP contribution in [0.2, 0.25) is 0 Å². The second-order valence-corrected chi connectivity index (χ2v) is 7.94. The number of hydrogen-bond acceptors (Lipinski definition) is 3. The first-order valence-corrected chi connectivity index (χ1v) is 9.99. The van der Waals surface area contributed by atoms with Gasteiger partial charge in [0, 0.05) is 52.2 Å². The van der Waals surface area contributed by atoms with Crippen LogP contribution in [0.3, 0.4) is 0 Å². The molecule has 2 rings (SSSR count). The van der Waals surface area contributed by atoms with Crippen molar-refractivity contribution in [2.75, 3.05) is 46.3 Å². The lowest BCUT2D eigenvalue weighted by Crippen LogP contribution is -2.48. The summed E-state index contributed by atoms with van der Waals surface area (Å²) in [6.45, 7) is 12.8. The van der Waals surface area contributed by atoms with Gasteiger partial charge in [0.25, 0.3) is 0 Å². The third-order valence-corrected chi connectivity index (χ3v) is 5.19. The van der Waals surface area contributed by atoms with Crippen LogP contribution in [0, 0.1) is 11.8 Å². The zero-order chi connectivity index (χ0) is 18.2. The molecule has 2 heterocycles. The molecule has 2 saturated heterocycles. The van der Waals surface area contributed by atoms with Crippen LogP contribution in [0.25, 0.3) is 0 Å². The topological polar surface area (TPSA) is 60.0 Å². The van der Waals surface area contributed by atoms with Gasteiger partial charge in [-0.1, -0.05) is 20.8 Å². The number of carbonyl (C=O) groups is 1. The first-order valence-electron chi connectivity index (χ1n) is 9.99. The summed E-state index contributed by atoms with van der Waals surface area (Å²) in [4.78, 5) is 20.7.